The standard InChI is InChI=1S/C13H13BrClNO4S/c14-12-8(21(15,18)19)4-7(20-12)13(17)16-11-9-5-1-2-6(3-5)10(9)11/h4-6,9-11H,1-3H2,(H,16,17). The Kier molecular flexibility index (Phi) is 3.01. The van der Waals surface area contributed by atoms with Gasteiger partial charge in [0.15, 0.2) is 10.4 Å². The molecule has 1 aromatic rings. The van der Waals surface area contributed by atoms with Gasteiger partial charge in [-0.05, 0) is 58.9 Å². The first-order valence-corrected chi connectivity index (χ1v) is 10.0. The van der Waals surface area contributed by atoms with Gasteiger partial charge in [-0.2, -0.15) is 0 Å². The molecule has 1 amide bonds. The summed E-state index contributed by atoms with van der Waals surface area (Å²) in [5, 5.41) is 2.97. The van der Waals surface area contributed by atoms with Gasteiger partial charge in [-0.15, -0.1) is 0 Å². The molecule has 0 radical (unpaired) electrons. The third kappa shape index (κ3) is 2.16. The minimum Gasteiger partial charge on any atom is -0.443 e. The first-order chi connectivity index (χ1) is 9.86. The van der Waals surface area contributed by atoms with E-state index in [0.717, 1.165) is 17.9 Å². The van der Waals surface area contributed by atoms with Crippen LogP contribution in [0.3, 0.4) is 0 Å². The highest BCUT2D eigenvalue weighted by Gasteiger charge is 2.65. The van der Waals surface area contributed by atoms with Crippen molar-refractivity contribution < 1.29 is 17.6 Å². The maximum atomic E-state index is 12.2. The number of rotatable bonds is 3. The number of hydrogen-bond donors (Lipinski definition) is 1. The Labute approximate surface area is 135 Å². The molecular formula is C13H13BrClNO4S. The van der Waals surface area contributed by atoms with Crippen LogP contribution < -0.4 is 5.32 Å². The van der Waals surface area contributed by atoms with Crippen LogP contribution in [0.4, 0.5) is 0 Å². The second-order valence-electron chi connectivity index (χ2n) is 6.17. The Morgan fingerprint density at radius 1 is 1.33 bits per heavy atom. The predicted octanol–water partition coefficient (Wildman–Crippen LogP) is 2.74. The smallest absolute Gasteiger partial charge is 0.287 e. The van der Waals surface area contributed by atoms with E-state index < -0.39 is 9.05 Å². The van der Waals surface area contributed by atoms with E-state index in [-0.39, 0.29) is 27.3 Å². The molecule has 4 unspecified atom stereocenters. The topological polar surface area (TPSA) is 76.4 Å². The quantitative estimate of drug-likeness (QED) is 0.800. The second-order valence-corrected chi connectivity index (χ2v) is 9.43. The maximum absolute atomic E-state index is 12.2. The predicted molar refractivity (Wildman–Crippen MR) is 78.5 cm³/mol. The summed E-state index contributed by atoms with van der Waals surface area (Å²) in [5.74, 6) is 2.34. The zero-order valence-corrected chi connectivity index (χ0v) is 14.0. The third-order valence-electron chi connectivity index (χ3n) is 5.18. The zero-order chi connectivity index (χ0) is 14.9. The van der Waals surface area contributed by atoms with Crippen LogP contribution in [0.1, 0.15) is 29.8 Å². The molecule has 3 fully saturated rings. The molecule has 3 aliphatic carbocycles. The lowest BCUT2D eigenvalue weighted by Gasteiger charge is -2.09. The van der Waals surface area contributed by atoms with Gasteiger partial charge in [-0.1, -0.05) is 0 Å². The van der Waals surface area contributed by atoms with E-state index in [0.29, 0.717) is 11.8 Å². The minimum atomic E-state index is -3.93. The van der Waals surface area contributed by atoms with Gasteiger partial charge in [-0.25, -0.2) is 8.42 Å². The lowest BCUT2D eigenvalue weighted by molar-refractivity contribution is 0.0915. The molecule has 3 saturated carbocycles. The van der Waals surface area contributed by atoms with Crippen molar-refractivity contribution in [1.29, 1.82) is 0 Å². The SMILES string of the molecule is O=C(NC1C2C3CCC(C3)C12)c1cc(S(=O)(=O)Cl)c(Br)o1. The van der Waals surface area contributed by atoms with Crippen molar-refractivity contribution in [2.45, 2.75) is 30.2 Å². The number of carbonyl (C=O) groups is 1. The lowest BCUT2D eigenvalue weighted by atomic mass is 10.0. The van der Waals surface area contributed by atoms with Crippen LogP contribution in [0.2, 0.25) is 0 Å². The molecule has 0 spiro atoms. The maximum Gasteiger partial charge on any atom is 0.287 e. The molecule has 0 aliphatic heterocycles. The molecular weight excluding hydrogens is 382 g/mol. The molecule has 1 heterocycles. The Balaban J connectivity index is 1.50. The average molecular weight is 395 g/mol. The summed E-state index contributed by atoms with van der Waals surface area (Å²) >= 11 is 2.97. The Hall–Kier alpha value is -0.530. The van der Waals surface area contributed by atoms with Crippen LogP contribution >= 0.6 is 26.6 Å². The number of fused-ring (bicyclic) bond motifs is 5. The van der Waals surface area contributed by atoms with Crippen LogP contribution in [-0.4, -0.2) is 20.4 Å². The van der Waals surface area contributed by atoms with Crippen LogP contribution in [0, 0.1) is 23.7 Å². The van der Waals surface area contributed by atoms with Crippen molar-refractivity contribution in [2.24, 2.45) is 23.7 Å². The molecule has 0 aromatic carbocycles. The van der Waals surface area contributed by atoms with Gasteiger partial charge < -0.3 is 9.73 Å². The number of amides is 1. The largest absolute Gasteiger partial charge is 0.443 e. The van der Waals surface area contributed by atoms with Crippen molar-refractivity contribution in [2.75, 3.05) is 0 Å². The number of carbonyl (C=O) groups excluding carboxylic acids is 1. The molecule has 5 nitrogen and oxygen atoms in total. The van der Waals surface area contributed by atoms with Crippen molar-refractivity contribution in [3.05, 3.63) is 16.5 Å². The summed E-state index contributed by atoms with van der Waals surface area (Å²) in [6.07, 6.45) is 3.86. The van der Waals surface area contributed by atoms with Gasteiger partial charge >= 0.3 is 0 Å². The third-order valence-corrected chi connectivity index (χ3v) is 7.35. The monoisotopic (exact) mass is 393 g/mol. The Bertz CT molecular complexity index is 715. The zero-order valence-electron chi connectivity index (χ0n) is 10.9. The number of halogens is 2. The van der Waals surface area contributed by atoms with Crippen LogP contribution in [-0.2, 0) is 9.05 Å². The Morgan fingerprint density at radius 2 is 1.95 bits per heavy atom. The molecule has 3 aliphatic rings. The van der Waals surface area contributed by atoms with Crippen molar-refractivity contribution >= 4 is 41.6 Å². The van der Waals surface area contributed by atoms with Gasteiger partial charge in [0.1, 0.15) is 4.90 Å². The van der Waals surface area contributed by atoms with Crippen LogP contribution in [0.15, 0.2) is 20.0 Å². The fourth-order valence-electron chi connectivity index (χ4n) is 4.37. The highest BCUT2D eigenvalue weighted by atomic mass is 79.9. The molecule has 21 heavy (non-hydrogen) atoms. The summed E-state index contributed by atoms with van der Waals surface area (Å²) in [7, 11) is 1.34. The lowest BCUT2D eigenvalue weighted by Crippen LogP contribution is -2.29. The average Bonchev–Trinajstić information content (AvgIpc) is 2.81. The van der Waals surface area contributed by atoms with E-state index >= 15 is 0 Å². The fraction of sp³-hybridized carbons (Fsp3) is 0.615. The van der Waals surface area contributed by atoms with E-state index in [2.05, 4.69) is 21.2 Å². The molecule has 0 saturated heterocycles. The minimum absolute atomic E-state index is 0.0292. The number of nitrogens with one attached hydrogen (secondary N) is 1. The van der Waals surface area contributed by atoms with Gasteiger partial charge in [0.25, 0.3) is 15.0 Å². The van der Waals surface area contributed by atoms with Crippen molar-refractivity contribution in [3.8, 4) is 0 Å². The molecule has 8 heteroatoms. The van der Waals surface area contributed by atoms with E-state index in [1.807, 2.05) is 0 Å². The molecule has 114 valence electrons. The molecule has 4 rings (SSSR count). The molecule has 4 atom stereocenters. The van der Waals surface area contributed by atoms with Gasteiger partial charge in [-0.3, -0.25) is 4.79 Å². The van der Waals surface area contributed by atoms with E-state index in [9.17, 15) is 13.2 Å². The first kappa shape index (κ1) is 14.1. The van der Waals surface area contributed by atoms with Crippen molar-refractivity contribution in [3.63, 3.8) is 0 Å². The highest BCUT2D eigenvalue weighted by molar-refractivity contribution is 9.10. The highest BCUT2D eigenvalue weighted by Crippen LogP contribution is 2.65. The molecule has 1 N–H and O–H groups in total. The number of hydrogen-bond acceptors (Lipinski definition) is 4. The summed E-state index contributed by atoms with van der Waals surface area (Å²) in [6.45, 7) is 0. The van der Waals surface area contributed by atoms with E-state index in [1.165, 1.54) is 19.3 Å². The normalized spacial score (nSPS) is 36.6. The fourth-order valence-corrected chi connectivity index (χ4v) is 6.40. The van der Waals surface area contributed by atoms with Gasteiger partial charge in [0.2, 0.25) is 0 Å². The van der Waals surface area contributed by atoms with Gasteiger partial charge in [0.05, 0.1) is 0 Å². The van der Waals surface area contributed by atoms with Crippen LogP contribution in [0.5, 0.6) is 0 Å². The summed E-state index contributed by atoms with van der Waals surface area (Å²) in [5.41, 5.74) is 0. The van der Waals surface area contributed by atoms with E-state index in [1.54, 1.807) is 0 Å². The first-order valence-electron chi connectivity index (χ1n) is 6.91. The molecule has 1 aromatic heterocycles. The number of furan rings is 1. The summed E-state index contributed by atoms with van der Waals surface area (Å²) in [4.78, 5) is 12.0. The van der Waals surface area contributed by atoms with E-state index in [4.69, 9.17) is 15.1 Å². The Morgan fingerprint density at radius 3 is 2.48 bits per heavy atom. The summed E-state index contributed by atoms with van der Waals surface area (Å²) in [6, 6.07) is 1.39. The van der Waals surface area contributed by atoms with Crippen LogP contribution in [0.25, 0.3) is 0 Å². The molecule has 2 bridgehead atoms. The van der Waals surface area contributed by atoms with Crippen molar-refractivity contribution in [1.82, 2.24) is 5.32 Å². The second kappa shape index (κ2) is 4.49. The van der Waals surface area contributed by atoms with Gasteiger partial charge in [0, 0.05) is 22.8 Å². The summed E-state index contributed by atoms with van der Waals surface area (Å²) < 4.78 is 27.8.